The van der Waals surface area contributed by atoms with Crippen molar-refractivity contribution in [1.29, 1.82) is 0 Å². The molecule has 0 aromatic carbocycles. The van der Waals surface area contributed by atoms with Crippen LogP contribution in [0.15, 0.2) is 12.0 Å². The van der Waals surface area contributed by atoms with Gasteiger partial charge in [0.05, 0.1) is 0 Å². The molecule has 1 atom stereocenters. The van der Waals surface area contributed by atoms with Gasteiger partial charge in [-0.15, -0.1) is 0 Å². The summed E-state index contributed by atoms with van der Waals surface area (Å²) in [6.45, 7) is 1.68. The van der Waals surface area contributed by atoms with E-state index in [0.717, 1.165) is 0 Å². The minimum atomic E-state index is -0.225. The molecule has 1 aliphatic rings. The fraction of sp³-hybridized carbons (Fsp3) is 0.600. The van der Waals surface area contributed by atoms with E-state index in [9.17, 15) is 0 Å². The monoisotopic (exact) mass is 116 g/mol. The van der Waals surface area contributed by atoms with Crippen molar-refractivity contribution in [2.24, 2.45) is 0 Å². The zero-order valence-corrected chi connectivity index (χ0v) is 4.63. The van der Waals surface area contributed by atoms with Crippen molar-refractivity contribution in [1.82, 2.24) is 0 Å². The third-order valence-electron chi connectivity index (χ3n) is 0.864. The predicted molar refractivity (Wildman–Crippen MR) is 26.8 cm³/mol. The van der Waals surface area contributed by atoms with Gasteiger partial charge in [-0.25, -0.2) is 0 Å². The van der Waals surface area contributed by atoms with E-state index >= 15 is 0 Å². The van der Waals surface area contributed by atoms with Crippen molar-refractivity contribution >= 4 is 0 Å². The van der Waals surface area contributed by atoms with E-state index in [0.29, 0.717) is 5.76 Å². The third kappa shape index (κ3) is 0.924. The van der Waals surface area contributed by atoms with Crippen molar-refractivity contribution in [3.05, 3.63) is 12.0 Å². The summed E-state index contributed by atoms with van der Waals surface area (Å²) in [6.07, 6.45) is 1.20. The van der Waals surface area contributed by atoms with Gasteiger partial charge in [0.15, 0.2) is 5.76 Å². The van der Waals surface area contributed by atoms with Crippen molar-refractivity contribution in [3.63, 3.8) is 0 Å². The molecule has 0 fully saturated rings. The van der Waals surface area contributed by atoms with Crippen LogP contribution in [0.1, 0.15) is 6.92 Å². The highest BCUT2D eigenvalue weighted by Gasteiger charge is 2.11. The quantitative estimate of drug-likeness (QED) is 0.532. The molecule has 1 aliphatic heterocycles. The first-order valence-electron chi connectivity index (χ1n) is 2.45. The Morgan fingerprint density at radius 1 is 1.88 bits per heavy atom. The Labute approximate surface area is 47.5 Å². The summed E-state index contributed by atoms with van der Waals surface area (Å²) < 4.78 is 9.71. The Hall–Kier alpha value is -0.700. The summed E-state index contributed by atoms with van der Waals surface area (Å²) in [5, 5.41) is 8.41. The van der Waals surface area contributed by atoms with E-state index in [-0.39, 0.29) is 12.9 Å². The van der Waals surface area contributed by atoms with Crippen LogP contribution >= 0.6 is 0 Å². The van der Waals surface area contributed by atoms with Gasteiger partial charge in [-0.3, -0.25) is 0 Å². The number of aliphatic hydroxyl groups excluding tert-OH is 1. The van der Waals surface area contributed by atoms with Crippen LogP contribution in [0.25, 0.3) is 0 Å². The lowest BCUT2D eigenvalue weighted by molar-refractivity contribution is -0.0212. The zero-order chi connectivity index (χ0) is 5.98. The molecule has 0 saturated carbocycles. The molecule has 8 heavy (non-hydrogen) atoms. The molecule has 0 aromatic rings. The Morgan fingerprint density at radius 3 is 2.88 bits per heavy atom. The molecule has 1 N–H and O–H groups in total. The zero-order valence-electron chi connectivity index (χ0n) is 4.63. The molecule has 0 aliphatic carbocycles. The Kier molecular flexibility index (Phi) is 1.39. The van der Waals surface area contributed by atoms with Crippen molar-refractivity contribution in [3.8, 4) is 0 Å². The molecule has 46 valence electrons. The van der Waals surface area contributed by atoms with E-state index < -0.39 is 0 Å². The second-order valence-corrected chi connectivity index (χ2v) is 1.56. The van der Waals surface area contributed by atoms with E-state index in [1.54, 1.807) is 6.92 Å². The highest BCUT2D eigenvalue weighted by atomic mass is 16.7. The van der Waals surface area contributed by atoms with Gasteiger partial charge in [-0.1, -0.05) is 0 Å². The topological polar surface area (TPSA) is 38.7 Å². The predicted octanol–water partition coefficient (Wildman–Crippen LogP) is 0.213. The summed E-state index contributed by atoms with van der Waals surface area (Å²) >= 11 is 0. The molecule has 3 heteroatoms. The molecule has 1 heterocycles. The number of hydrogen-bond donors (Lipinski definition) is 1. The van der Waals surface area contributed by atoms with Gasteiger partial charge in [0.2, 0.25) is 6.29 Å². The standard InChI is InChI=1S/C5H8O3/c1-4-7-3-5(2-6)8-4/h3-4,6H,2H2,1H3. The maximum absolute atomic E-state index is 8.41. The fourth-order valence-corrected chi connectivity index (χ4v) is 0.515. The fourth-order valence-electron chi connectivity index (χ4n) is 0.515. The van der Waals surface area contributed by atoms with Gasteiger partial charge < -0.3 is 14.6 Å². The molecule has 0 spiro atoms. The lowest BCUT2D eigenvalue weighted by Crippen LogP contribution is -2.01. The molecule has 0 amide bonds. The summed E-state index contributed by atoms with van der Waals surface area (Å²) in [7, 11) is 0. The minimum absolute atomic E-state index is 0.0790. The molecular weight excluding hydrogens is 108 g/mol. The average Bonchev–Trinajstić information content (AvgIpc) is 2.14. The number of hydrogen-bond acceptors (Lipinski definition) is 3. The lowest BCUT2D eigenvalue weighted by atomic mass is 10.6. The van der Waals surface area contributed by atoms with Crippen LogP contribution in [-0.2, 0) is 9.47 Å². The molecule has 0 aromatic heterocycles. The van der Waals surface area contributed by atoms with Crippen molar-refractivity contribution in [2.75, 3.05) is 6.61 Å². The van der Waals surface area contributed by atoms with Gasteiger partial charge in [0.1, 0.15) is 12.9 Å². The number of aliphatic hydroxyl groups is 1. The third-order valence-corrected chi connectivity index (χ3v) is 0.864. The van der Waals surface area contributed by atoms with Gasteiger partial charge in [0.25, 0.3) is 0 Å². The van der Waals surface area contributed by atoms with Gasteiger partial charge in [-0.2, -0.15) is 0 Å². The van der Waals surface area contributed by atoms with Crippen molar-refractivity contribution < 1.29 is 14.6 Å². The molecule has 0 saturated heterocycles. The summed E-state index contributed by atoms with van der Waals surface area (Å²) in [5.74, 6) is 0.498. The van der Waals surface area contributed by atoms with Crippen LogP contribution in [0.3, 0.4) is 0 Å². The largest absolute Gasteiger partial charge is 0.459 e. The van der Waals surface area contributed by atoms with Crippen LogP contribution in [-0.4, -0.2) is 18.0 Å². The Balaban J connectivity index is 2.37. The van der Waals surface area contributed by atoms with Crippen molar-refractivity contribution in [2.45, 2.75) is 13.2 Å². The summed E-state index contributed by atoms with van der Waals surface area (Å²) in [4.78, 5) is 0. The first-order chi connectivity index (χ1) is 3.83. The smallest absolute Gasteiger partial charge is 0.237 e. The Bertz CT molecular complexity index is 108. The van der Waals surface area contributed by atoms with Crippen LogP contribution in [0, 0.1) is 0 Å². The van der Waals surface area contributed by atoms with Crippen LogP contribution in [0.2, 0.25) is 0 Å². The second kappa shape index (κ2) is 2.05. The maximum atomic E-state index is 8.41. The molecule has 1 unspecified atom stereocenters. The molecule has 0 bridgehead atoms. The van der Waals surface area contributed by atoms with Gasteiger partial charge in [-0.05, 0) is 0 Å². The second-order valence-electron chi connectivity index (χ2n) is 1.56. The van der Waals surface area contributed by atoms with Crippen LogP contribution in [0.5, 0.6) is 0 Å². The van der Waals surface area contributed by atoms with Gasteiger partial charge in [0, 0.05) is 6.92 Å². The number of ether oxygens (including phenoxy) is 2. The highest BCUT2D eigenvalue weighted by molar-refractivity contribution is 4.90. The minimum Gasteiger partial charge on any atom is -0.459 e. The molecule has 0 radical (unpaired) electrons. The van der Waals surface area contributed by atoms with Crippen LogP contribution in [0.4, 0.5) is 0 Å². The lowest BCUT2D eigenvalue weighted by Gasteiger charge is -2.02. The SMILES string of the molecule is CC1OC=C(CO)O1. The van der Waals surface area contributed by atoms with Gasteiger partial charge >= 0.3 is 0 Å². The molecular formula is C5H8O3. The maximum Gasteiger partial charge on any atom is 0.237 e. The summed E-state index contributed by atoms with van der Waals surface area (Å²) in [6, 6.07) is 0. The van der Waals surface area contributed by atoms with E-state index in [2.05, 4.69) is 0 Å². The normalized spacial score (nSPS) is 26.2. The summed E-state index contributed by atoms with van der Waals surface area (Å²) in [5.41, 5.74) is 0. The Morgan fingerprint density at radius 2 is 2.62 bits per heavy atom. The first-order valence-corrected chi connectivity index (χ1v) is 2.45. The molecule has 1 rings (SSSR count). The average molecular weight is 116 g/mol. The first kappa shape index (κ1) is 5.44. The molecule has 3 nitrogen and oxygen atoms in total. The van der Waals surface area contributed by atoms with Crippen LogP contribution < -0.4 is 0 Å². The number of rotatable bonds is 1. The van der Waals surface area contributed by atoms with E-state index in [4.69, 9.17) is 14.6 Å². The van der Waals surface area contributed by atoms with E-state index in [1.807, 2.05) is 0 Å². The highest BCUT2D eigenvalue weighted by Crippen LogP contribution is 2.11. The van der Waals surface area contributed by atoms with E-state index in [1.165, 1.54) is 6.26 Å².